The Morgan fingerprint density at radius 2 is 1.94 bits per heavy atom. The van der Waals surface area contributed by atoms with Gasteiger partial charge in [0, 0.05) is 29.7 Å². The topological polar surface area (TPSA) is 97.8 Å². The highest BCUT2D eigenvalue weighted by Crippen LogP contribution is 2.21. The number of nitrogens with one attached hydrogen (secondary N) is 1. The molecule has 2 heterocycles. The van der Waals surface area contributed by atoms with E-state index in [0.29, 0.717) is 49.9 Å². The number of sulfonamides is 1. The van der Waals surface area contributed by atoms with Crippen molar-refractivity contribution in [1.82, 2.24) is 9.29 Å². The van der Waals surface area contributed by atoms with E-state index in [0.717, 1.165) is 5.69 Å². The number of hydrogen-bond acceptors (Lipinski definition) is 7. The third-order valence-corrected chi connectivity index (χ3v) is 7.22. The lowest BCUT2D eigenvalue weighted by atomic mass is 10.2. The number of carbonyl (C=O) groups is 1. The molecule has 31 heavy (non-hydrogen) atoms. The lowest BCUT2D eigenvalue weighted by molar-refractivity contribution is 0.0730. The smallest absolute Gasteiger partial charge is 0.255 e. The van der Waals surface area contributed by atoms with Crippen LogP contribution in [0.25, 0.3) is 0 Å². The lowest BCUT2D eigenvalue weighted by Gasteiger charge is -2.26. The number of amides is 1. The van der Waals surface area contributed by atoms with Gasteiger partial charge in [0.25, 0.3) is 5.91 Å². The van der Waals surface area contributed by atoms with Crippen LogP contribution < -0.4 is 10.1 Å². The van der Waals surface area contributed by atoms with Gasteiger partial charge in [-0.05, 0) is 42.5 Å². The molecule has 162 valence electrons. The molecule has 1 aromatic heterocycles. The van der Waals surface area contributed by atoms with Crippen molar-refractivity contribution in [1.29, 1.82) is 0 Å². The Bertz CT molecular complexity index is 1130. The molecule has 1 fully saturated rings. The number of hydrogen-bond donors (Lipinski definition) is 1. The maximum absolute atomic E-state index is 12.8. The van der Waals surface area contributed by atoms with Crippen molar-refractivity contribution >= 4 is 33.0 Å². The maximum Gasteiger partial charge on any atom is 0.255 e. The second-order valence-corrected chi connectivity index (χ2v) is 9.45. The van der Waals surface area contributed by atoms with E-state index in [4.69, 9.17) is 9.47 Å². The molecule has 0 bridgehead atoms. The first-order chi connectivity index (χ1) is 15.0. The summed E-state index contributed by atoms with van der Waals surface area (Å²) in [5.41, 5.74) is 3.43. The van der Waals surface area contributed by atoms with Crippen molar-refractivity contribution < 1.29 is 22.7 Å². The van der Waals surface area contributed by atoms with E-state index in [2.05, 4.69) is 10.3 Å². The number of thiazole rings is 1. The molecule has 1 N–H and O–H groups in total. The zero-order valence-corrected chi connectivity index (χ0v) is 18.2. The molecule has 8 nitrogen and oxygen atoms in total. The van der Waals surface area contributed by atoms with Gasteiger partial charge in [-0.2, -0.15) is 4.31 Å². The molecule has 0 saturated carbocycles. The lowest BCUT2D eigenvalue weighted by Crippen LogP contribution is -2.40. The average Bonchev–Trinajstić information content (AvgIpc) is 3.32. The van der Waals surface area contributed by atoms with Crippen LogP contribution in [0.15, 0.2) is 64.3 Å². The number of rotatable bonds is 7. The molecule has 0 unspecified atom stereocenters. The quantitative estimate of drug-likeness (QED) is 0.583. The van der Waals surface area contributed by atoms with Crippen molar-refractivity contribution in [3.8, 4) is 5.75 Å². The van der Waals surface area contributed by atoms with Crippen molar-refractivity contribution in [2.75, 3.05) is 31.6 Å². The predicted octanol–water partition coefficient (Wildman–Crippen LogP) is 3.00. The average molecular weight is 460 g/mol. The summed E-state index contributed by atoms with van der Waals surface area (Å²) in [4.78, 5) is 16.9. The Kier molecular flexibility index (Phi) is 6.62. The van der Waals surface area contributed by atoms with Gasteiger partial charge < -0.3 is 14.8 Å². The molecule has 4 rings (SSSR count). The van der Waals surface area contributed by atoms with Crippen LogP contribution in [-0.2, 0) is 21.4 Å². The van der Waals surface area contributed by atoms with E-state index in [1.807, 2.05) is 5.38 Å². The zero-order chi connectivity index (χ0) is 21.7. The van der Waals surface area contributed by atoms with Gasteiger partial charge in [0.15, 0.2) is 0 Å². The van der Waals surface area contributed by atoms with Gasteiger partial charge in [-0.3, -0.25) is 4.79 Å². The summed E-state index contributed by atoms with van der Waals surface area (Å²) in [6.45, 7) is 1.74. The number of ether oxygens (including phenoxy) is 2. The van der Waals surface area contributed by atoms with Crippen molar-refractivity contribution in [3.63, 3.8) is 0 Å². The zero-order valence-electron chi connectivity index (χ0n) is 16.6. The number of morpholine rings is 1. The Morgan fingerprint density at radius 1 is 1.16 bits per heavy atom. The van der Waals surface area contributed by atoms with Crippen LogP contribution in [0.3, 0.4) is 0 Å². The number of carbonyl (C=O) groups excluding carboxylic acids is 1. The van der Waals surface area contributed by atoms with Crippen LogP contribution in [0.2, 0.25) is 0 Å². The molecule has 0 aliphatic carbocycles. The Morgan fingerprint density at radius 3 is 2.65 bits per heavy atom. The van der Waals surface area contributed by atoms with Crippen LogP contribution in [0, 0.1) is 0 Å². The minimum Gasteiger partial charge on any atom is -0.487 e. The first-order valence-electron chi connectivity index (χ1n) is 9.61. The molecular formula is C21H21N3O5S2. The minimum atomic E-state index is -3.63. The molecule has 1 aliphatic rings. The van der Waals surface area contributed by atoms with Crippen LogP contribution in [0.5, 0.6) is 5.75 Å². The SMILES string of the molecule is O=C(Nc1cccc(S(=O)(=O)N2CCOCC2)c1)c1ccc(OCc2cscn2)cc1. The maximum atomic E-state index is 12.8. The molecule has 2 aromatic carbocycles. The second kappa shape index (κ2) is 9.56. The van der Waals surface area contributed by atoms with Gasteiger partial charge in [-0.25, -0.2) is 13.4 Å². The van der Waals surface area contributed by atoms with Gasteiger partial charge >= 0.3 is 0 Å². The fraction of sp³-hybridized carbons (Fsp3) is 0.238. The molecule has 1 amide bonds. The van der Waals surface area contributed by atoms with E-state index in [-0.39, 0.29) is 10.8 Å². The summed E-state index contributed by atoms with van der Waals surface area (Å²) in [5.74, 6) is 0.287. The van der Waals surface area contributed by atoms with Gasteiger partial charge in [-0.1, -0.05) is 6.07 Å². The van der Waals surface area contributed by atoms with E-state index >= 15 is 0 Å². The van der Waals surface area contributed by atoms with Crippen LogP contribution in [-0.4, -0.2) is 49.9 Å². The second-order valence-electron chi connectivity index (χ2n) is 6.79. The Labute approximate surface area is 184 Å². The minimum absolute atomic E-state index is 0.137. The molecule has 0 radical (unpaired) electrons. The highest BCUT2D eigenvalue weighted by atomic mass is 32.2. The summed E-state index contributed by atoms with van der Waals surface area (Å²) in [5, 5.41) is 4.66. The standard InChI is InChI=1S/C21H21N3O5S2/c25-21(16-4-6-19(7-5-16)29-13-18-14-30-15-22-18)23-17-2-1-3-20(12-17)31(26,27)24-8-10-28-11-9-24/h1-7,12,14-15H,8-11,13H2,(H,23,25). The highest BCUT2D eigenvalue weighted by Gasteiger charge is 2.26. The number of anilines is 1. The highest BCUT2D eigenvalue weighted by molar-refractivity contribution is 7.89. The molecule has 0 spiro atoms. The Hall–Kier alpha value is -2.79. The fourth-order valence-corrected chi connectivity index (χ4v) is 5.04. The van der Waals surface area contributed by atoms with E-state index in [1.165, 1.54) is 27.8 Å². The summed E-state index contributed by atoms with van der Waals surface area (Å²) in [6, 6.07) is 13.0. The number of benzene rings is 2. The molecule has 0 atom stereocenters. The number of nitrogens with zero attached hydrogens (tertiary/aromatic N) is 2. The van der Waals surface area contributed by atoms with E-state index in [9.17, 15) is 13.2 Å². The molecular weight excluding hydrogens is 438 g/mol. The summed E-state index contributed by atoms with van der Waals surface area (Å²) in [7, 11) is -3.63. The van der Waals surface area contributed by atoms with Crippen molar-refractivity contribution in [3.05, 3.63) is 70.7 Å². The normalized spacial score (nSPS) is 14.8. The first kappa shape index (κ1) is 21.4. The van der Waals surface area contributed by atoms with Crippen molar-refractivity contribution in [2.45, 2.75) is 11.5 Å². The number of aromatic nitrogens is 1. The fourth-order valence-electron chi connectivity index (χ4n) is 3.04. The van der Waals surface area contributed by atoms with E-state index in [1.54, 1.807) is 41.9 Å². The molecule has 1 aliphatic heterocycles. The van der Waals surface area contributed by atoms with Gasteiger partial charge in [0.2, 0.25) is 10.0 Å². The summed E-state index contributed by atoms with van der Waals surface area (Å²) in [6.07, 6.45) is 0. The van der Waals surface area contributed by atoms with Crippen molar-refractivity contribution in [2.24, 2.45) is 0 Å². The largest absolute Gasteiger partial charge is 0.487 e. The van der Waals surface area contributed by atoms with Crippen LogP contribution in [0.4, 0.5) is 5.69 Å². The summed E-state index contributed by atoms with van der Waals surface area (Å²) >= 11 is 1.50. The van der Waals surface area contributed by atoms with E-state index < -0.39 is 10.0 Å². The van der Waals surface area contributed by atoms with Crippen LogP contribution >= 0.6 is 11.3 Å². The van der Waals surface area contributed by atoms with Gasteiger partial charge in [0.05, 0.1) is 29.3 Å². The van der Waals surface area contributed by atoms with Gasteiger partial charge in [-0.15, -0.1) is 11.3 Å². The first-order valence-corrected chi connectivity index (χ1v) is 12.0. The predicted molar refractivity (Wildman–Crippen MR) is 117 cm³/mol. The monoisotopic (exact) mass is 459 g/mol. The molecule has 10 heteroatoms. The Balaban J connectivity index is 1.41. The third kappa shape index (κ3) is 5.28. The molecule has 3 aromatic rings. The third-order valence-electron chi connectivity index (χ3n) is 4.69. The summed E-state index contributed by atoms with van der Waals surface area (Å²) < 4.78 is 37.9. The van der Waals surface area contributed by atoms with Gasteiger partial charge in [0.1, 0.15) is 12.4 Å². The van der Waals surface area contributed by atoms with Crippen LogP contribution in [0.1, 0.15) is 16.1 Å². The molecule has 1 saturated heterocycles.